The SMILES string of the molecule is ClC1CCOC2(CCC(c3ccccc3)CC2)C1. The van der Waals surface area contributed by atoms with Crippen molar-refractivity contribution in [2.24, 2.45) is 0 Å². The van der Waals surface area contributed by atoms with Crippen molar-refractivity contribution in [2.75, 3.05) is 6.61 Å². The minimum Gasteiger partial charge on any atom is -0.375 e. The first-order valence-corrected chi connectivity index (χ1v) is 7.54. The van der Waals surface area contributed by atoms with Gasteiger partial charge in [0.2, 0.25) is 0 Å². The van der Waals surface area contributed by atoms with Crippen LogP contribution in [0.2, 0.25) is 0 Å². The molecule has 1 saturated carbocycles. The van der Waals surface area contributed by atoms with Gasteiger partial charge in [-0.2, -0.15) is 0 Å². The van der Waals surface area contributed by atoms with Crippen molar-refractivity contribution in [3.63, 3.8) is 0 Å². The highest BCUT2D eigenvalue weighted by Crippen LogP contribution is 2.44. The summed E-state index contributed by atoms with van der Waals surface area (Å²) >= 11 is 6.31. The van der Waals surface area contributed by atoms with Crippen LogP contribution in [0.25, 0.3) is 0 Å². The number of rotatable bonds is 1. The van der Waals surface area contributed by atoms with Gasteiger partial charge in [0.15, 0.2) is 0 Å². The summed E-state index contributed by atoms with van der Waals surface area (Å²) in [7, 11) is 0. The zero-order chi connectivity index (χ0) is 12.4. The molecule has 1 nitrogen and oxygen atoms in total. The van der Waals surface area contributed by atoms with Gasteiger partial charge < -0.3 is 4.74 Å². The van der Waals surface area contributed by atoms with Gasteiger partial charge in [-0.1, -0.05) is 30.3 Å². The smallest absolute Gasteiger partial charge is 0.0697 e. The van der Waals surface area contributed by atoms with Gasteiger partial charge in [0, 0.05) is 12.0 Å². The molecule has 98 valence electrons. The topological polar surface area (TPSA) is 9.23 Å². The van der Waals surface area contributed by atoms with Crippen molar-refractivity contribution >= 4 is 11.6 Å². The molecule has 0 aromatic heterocycles. The van der Waals surface area contributed by atoms with Crippen LogP contribution in [-0.2, 0) is 4.74 Å². The molecule has 1 aliphatic heterocycles. The molecule has 1 atom stereocenters. The highest BCUT2D eigenvalue weighted by Gasteiger charge is 2.40. The number of hydrogen-bond acceptors (Lipinski definition) is 1. The van der Waals surface area contributed by atoms with E-state index in [0.29, 0.717) is 5.38 Å². The van der Waals surface area contributed by atoms with E-state index in [2.05, 4.69) is 30.3 Å². The summed E-state index contributed by atoms with van der Waals surface area (Å²) < 4.78 is 6.08. The third kappa shape index (κ3) is 2.57. The van der Waals surface area contributed by atoms with Crippen LogP contribution in [0, 0.1) is 0 Å². The highest BCUT2D eigenvalue weighted by molar-refractivity contribution is 6.20. The van der Waals surface area contributed by atoms with E-state index in [9.17, 15) is 0 Å². The Labute approximate surface area is 114 Å². The summed E-state index contributed by atoms with van der Waals surface area (Å²) in [4.78, 5) is 0. The Bertz CT molecular complexity index is 381. The quantitative estimate of drug-likeness (QED) is 0.679. The number of alkyl halides is 1. The summed E-state index contributed by atoms with van der Waals surface area (Å²) in [5.41, 5.74) is 1.60. The number of ether oxygens (including phenoxy) is 1. The molecule has 1 unspecified atom stereocenters. The van der Waals surface area contributed by atoms with Crippen molar-refractivity contribution in [3.8, 4) is 0 Å². The van der Waals surface area contributed by atoms with Crippen LogP contribution >= 0.6 is 11.6 Å². The maximum absolute atomic E-state index is 6.31. The fraction of sp³-hybridized carbons (Fsp3) is 0.625. The minimum atomic E-state index is 0.107. The van der Waals surface area contributed by atoms with Crippen molar-refractivity contribution in [3.05, 3.63) is 35.9 Å². The molecule has 1 aromatic carbocycles. The normalized spacial score (nSPS) is 36.7. The first-order chi connectivity index (χ1) is 8.77. The van der Waals surface area contributed by atoms with Gasteiger partial charge in [0.1, 0.15) is 0 Å². The van der Waals surface area contributed by atoms with Crippen LogP contribution in [-0.4, -0.2) is 17.6 Å². The lowest BCUT2D eigenvalue weighted by molar-refractivity contribution is -0.100. The van der Waals surface area contributed by atoms with E-state index in [4.69, 9.17) is 16.3 Å². The molecular weight excluding hydrogens is 244 g/mol. The van der Waals surface area contributed by atoms with Gasteiger partial charge in [-0.15, -0.1) is 11.6 Å². The average molecular weight is 265 g/mol. The van der Waals surface area contributed by atoms with E-state index in [0.717, 1.165) is 25.4 Å². The second kappa shape index (κ2) is 5.22. The second-order valence-corrected chi connectivity index (χ2v) is 6.42. The van der Waals surface area contributed by atoms with Crippen molar-refractivity contribution in [1.82, 2.24) is 0 Å². The minimum absolute atomic E-state index is 0.107. The van der Waals surface area contributed by atoms with Gasteiger partial charge in [-0.05, 0) is 50.0 Å². The molecule has 18 heavy (non-hydrogen) atoms. The van der Waals surface area contributed by atoms with Crippen LogP contribution in [0.15, 0.2) is 30.3 Å². The lowest BCUT2D eigenvalue weighted by Crippen LogP contribution is -2.43. The first-order valence-electron chi connectivity index (χ1n) is 7.10. The number of halogens is 1. The molecule has 2 heteroatoms. The largest absolute Gasteiger partial charge is 0.375 e. The van der Waals surface area contributed by atoms with Gasteiger partial charge in [0.25, 0.3) is 0 Å². The molecule has 1 saturated heterocycles. The molecule has 1 aromatic rings. The summed E-state index contributed by atoms with van der Waals surface area (Å²) in [6.45, 7) is 0.851. The van der Waals surface area contributed by atoms with Crippen molar-refractivity contribution < 1.29 is 4.74 Å². The molecule has 0 amide bonds. The fourth-order valence-electron chi connectivity index (χ4n) is 3.52. The standard InChI is InChI=1S/C16H21ClO/c17-15-8-11-18-16(12-15)9-6-14(7-10-16)13-4-2-1-3-5-13/h1-5,14-15H,6-12H2. The fourth-order valence-corrected chi connectivity index (χ4v) is 3.89. The third-order valence-corrected chi connectivity index (χ3v) is 4.97. The lowest BCUT2D eigenvalue weighted by Gasteiger charge is -2.44. The van der Waals surface area contributed by atoms with Gasteiger partial charge in [0.05, 0.1) is 5.60 Å². The molecule has 2 fully saturated rings. The van der Waals surface area contributed by atoms with E-state index in [1.54, 1.807) is 0 Å². The number of benzene rings is 1. The van der Waals surface area contributed by atoms with Gasteiger partial charge in [-0.25, -0.2) is 0 Å². The number of hydrogen-bond donors (Lipinski definition) is 0. The van der Waals surface area contributed by atoms with E-state index < -0.39 is 0 Å². The van der Waals surface area contributed by atoms with E-state index in [-0.39, 0.29) is 5.60 Å². The van der Waals surface area contributed by atoms with Crippen LogP contribution in [0.5, 0.6) is 0 Å². The molecule has 0 radical (unpaired) electrons. The highest BCUT2D eigenvalue weighted by atomic mass is 35.5. The summed E-state index contributed by atoms with van der Waals surface area (Å²) in [5, 5.41) is 0.326. The Morgan fingerprint density at radius 1 is 1.06 bits per heavy atom. The summed E-state index contributed by atoms with van der Waals surface area (Å²) in [6, 6.07) is 10.9. The molecule has 1 heterocycles. The molecule has 1 aliphatic carbocycles. The van der Waals surface area contributed by atoms with Crippen LogP contribution in [0.3, 0.4) is 0 Å². The maximum Gasteiger partial charge on any atom is 0.0697 e. The molecule has 0 bridgehead atoms. The van der Waals surface area contributed by atoms with Crippen molar-refractivity contribution in [1.29, 1.82) is 0 Å². The van der Waals surface area contributed by atoms with E-state index in [1.165, 1.54) is 31.2 Å². The monoisotopic (exact) mass is 264 g/mol. The van der Waals surface area contributed by atoms with Crippen LogP contribution in [0.4, 0.5) is 0 Å². The predicted octanol–water partition coefficient (Wildman–Crippen LogP) is 4.50. The Kier molecular flexibility index (Phi) is 3.63. The predicted molar refractivity (Wildman–Crippen MR) is 75.2 cm³/mol. The molecular formula is C16H21ClO. The lowest BCUT2D eigenvalue weighted by atomic mass is 9.73. The van der Waals surface area contributed by atoms with Crippen molar-refractivity contribution in [2.45, 2.75) is 55.4 Å². The maximum atomic E-state index is 6.31. The Hall–Kier alpha value is -0.530. The average Bonchev–Trinajstić information content (AvgIpc) is 2.40. The van der Waals surface area contributed by atoms with Gasteiger partial charge in [-0.3, -0.25) is 0 Å². The van der Waals surface area contributed by atoms with Crippen LogP contribution in [0.1, 0.15) is 50.0 Å². The van der Waals surface area contributed by atoms with Crippen LogP contribution < -0.4 is 0 Å². The zero-order valence-corrected chi connectivity index (χ0v) is 11.5. The molecule has 2 aliphatic rings. The van der Waals surface area contributed by atoms with Gasteiger partial charge >= 0.3 is 0 Å². The zero-order valence-electron chi connectivity index (χ0n) is 10.8. The molecule has 0 N–H and O–H groups in total. The Morgan fingerprint density at radius 3 is 2.44 bits per heavy atom. The summed E-state index contributed by atoms with van der Waals surface area (Å²) in [5.74, 6) is 0.719. The van der Waals surface area contributed by atoms with E-state index >= 15 is 0 Å². The third-order valence-electron chi connectivity index (χ3n) is 4.60. The molecule has 3 rings (SSSR count). The summed E-state index contributed by atoms with van der Waals surface area (Å²) in [6.07, 6.45) is 6.91. The Morgan fingerprint density at radius 2 is 1.78 bits per heavy atom. The molecule has 1 spiro atoms. The first kappa shape index (κ1) is 12.5. The second-order valence-electron chi connectivity index (χ2n) is 5.81. The Balaban J connectivity index is 1.64. The van der Waals surface area contributed by atoms with E-state index in [1.807, 2.05) is 0 Å².